The molecule has 240 valence electrons. The minimum Gasteiger partial charge on any atom is -0.504 e. The summed E-state index contributed by atoms with van der Waals surface area (Å²) in [6, 6.07) is 25.1. The zero-order valence-corrected chi connectivity index (χ0v) is 26.9. The third-order valence-corrected chi connectivity index (χ3v) is 11.5. The first-order chi connectivity index (χ1) is 22.9. The molecular weight excluding hydrogens is 586 g/mol. The van der Waals surface area contributed by atoms with Gasteiger partial charge in [0.15, 0.2) is 17.6 Å². The van der Waals surface area contributed by atoms with Crippen molar-refractivity contribution in [1.82, 2.24) is 9.88 Å². The van der Waals surface area contributed by atoms with Crippen LogP contribution in [0.15, 0.2) is 79.0 Å². The predicted molar refractivity (Wildman–Crippen MR) is 181 cm³/mol. The van der Waals surface area contributed by atoms with Crippen LogP contribution in [0.3, 0.4) is 0 Å². The average molecular weight is 628 g/mol. The summed E-state index contributed by atoms with van der Waals surface area (Å²) in [4.78, 5) is 19.5. The van der Waals surface area contributed by atoms with E-state index < -0.39 is 11.0 Å². The largest absolute Gasteiger partial charge is 0.504 e. The molecule has 1 spiro atoms. The van der Waals surface area contributed by atoms with Crippen LogP contribution in [0.25, 0.3) is 11.1 Å². The van der Waals surface area contributed by atoms with E-state index in [4.69, 9.17) is 14.5 Å². The fraction of sp³-hybridized carbons (Fsp3) is 0.400. The molecule has 47 heavy (non-hydrogen) atoms. The van der Waals surface area contributed by atoms with E-state index >= 15 is 0 Å². The van der Waals surface area contributed by atoms with Gasteiger partial charge in [0, 0.05) is 55.5 Å². The van der Waals surface area contributed by atoms with Crippen molar-refractivity contribution in [3.8, 4) is 22.6 Å². The molecule has 2 N–H and O–H groups in total. The van der Waals surface area contributed by atoms with E-state index in [-0.39, 0.29) is 23.8 Å². The van der Waals surface area contributed by atoms with Crippen LogP contribution in [0.2, 0.25) is 0 Å². The summed E-state index contributed by atoms with van der Waals surface area (Å²) in [7, 11) is 0. The number of rotatable bonds is 9. The first-order valence-electron chi connectivity index (χ1n) is 17.3. The smallest absolute Gasteiger partial charge is 0.221 e. The molecule has 5 aliphatic rings. The number of hydrogen-bond acceptors (Lipinski definition) is 6. The number of phenols is 1. The zero-order chi connectivity index (χ0) is 31.8. The van der Waals surface area contributed by atoms with Crippen LogP contribution in [-0.2, 0) is 34.2 Å². The minimum absolute atomic E-state index is 0.0864. The number of nitrogens with one attached hydrogen (secondary N) is 1. The molecule has 0 unspecified atom stereocenters. The van der Waals surface area contributed by atoms with Crippen molar-refractivity contribution in [3.63, 3.8) is 0 Å². The van der Waals surface area contributed by atoms with Gasteiger partial charge in [-0.05, 0) is 97.5 Å². The highest BCUT2D eigenvalue weighted by Gasteiger charge is 2.73. The van der Waals surface area contributed by atoms with Crippen LogP contribution in [-0.4, -0.2) is 52.2 Å². The number of amides is 1. The number of likely N-dealkylation sites (tertiary alicyclic amines) is 1. The van der Waals surface area contributed by atoms with Gasteiger partial charge in [-0.1, -0.05) is 48.5 Å². The van der Waals surface area contributed by atoms with Gasteiger partial charge in [-0.2, -0.15) is 0 Å². The number of carbonyl (C=O) groups excluding carboxylic acids is 1. The summed E-state index contributed by atoms with van der Waals surface area (Å²) in [6.07, 6.45) is 8.71. The number of ether oxygens (including phenoxy) is 2. The molecule has 0 radical (unpaired) electrons. The summed E-state index contributed by atoms with van der Waals surface area (Å²) in [5, 5.41) is 14.1. The van der Waals surface area contributed by atoms with E-state index in [2.05, 4.69) is 52.7 Å². The molecule has 2 bridgehead atoms. The van der Waals surface area contributed by atoms with Crippen LogP contribution in [0.1, 0.15) is 66.7 Å². The van der Waals surface area contributed by atoms with Crippen molar-refractivity contribution >= 4 is 11.6 Å². The summed E-state index contributed by atoms with van der Waals surface area (Å²) < 4.78 is 14.4. The van der Waals surface area contributed by atoms with Gasteiger partial charge in [-0.15, -0.1) is 0 Å². The van der Waals surface area contributed by atoms with Gasteiger partial charge in [-0.25, -0.2) is 0 Å². The van der Waals surface area contributed by atoms with Gasteiger partial charge in [0.1, 0.15) is 5.60 Å². The van der Waals surface area contributed by atoms with Crippen LogP contribution in [0.5, 0.6) is 11.5 Å². The number of anilines is 1. The van der Waals surface area contributed by atoms with E-state index in [1.165, 1.54) is 30.9 Å². The molecular formula is C40H41N3O4. The average Bonchev–Trinajstić information content (AvgIpc) is 3.82. The van der Waals surface area contributed by atoms with E-state index in [0.29, 0.717) is 12.4 Å². The second kappa shape index (κ2) is 10.9. The first-order valence-corrected chi connectivity index (χ1v) is 17.3. The SMILES string of the molecule is CC(=O)Nc1ccc(-c2cnc3c(c2)C[C@@]2(OCCCc4ccccc4)[C@H]4Cc5ccc(O)c6c5[C@@]2(CCN4CC2CC2)[C@H]3O6)cc1. The third-order valence-electron chi connectivity index (χ3n) is 11.5. The van der Waals surface area contributed by atoms with Crippen molar-refractivity contribution < 1.29 is 19.4 Å². The molecule has 2 fully saturated rings. The zero-order valence-electron chi connectivity index (χ0n) is 26.9. The Labute approximate surface area is 275 Å². The Morgan fingerprint density at radius 3 is 2.68 bits per heavy atom. The van der Waals surface area contributed by atoms with Gasteiger partial charge in [0.2, 0.25) is 5.91 Å². The molecule has 3 aliphatic carbocycles. The summed E-state index contributed by atoms with van der Waals surface area (Å²) in [5.74, 6) is 1.53. The topological polar surface area (TPSA) is 83.9 Å². The number of pyridine rings is 1. The molecule has 1 aromatic heterocycles. The van der Waals surface area contributed by atoms with E-state index in [0.717, 1.165) is 84.7 Å². The monoisotopic (exact) mass is 627 g/mol. The normalized spacial score (nSPS) is 26.7. The number of nitrogens with zero attached hydrogens (tertiary/aromatic N) is 2. The predicted octanol–water partition coefficient (Wildman–Crippen LogP) is 6.77. The Kier molecular flexibility index (Phi) is 6.74. The summed E-state index contributed by atoms with van der Waals surface area (Å²) in [5.41, 5.74) is 7.81. The highest BCUT2D eigenvalue weighted by molar-refractivity contribution is 5.89. The summed E-state index contributed by atoms with van der Waals surface area (Å²) >= 11 is 0. The molecule has 2 aliphatic heterocycles. The van der Waals surface area contributed by atoms with Crippen molar-refractivity contribution in [3.05, 3.63) is 107 Å². The van der Waals surface area contributed by atoms with Crippen molar-refractivity contribution in [2.24, 2.45) is 5.92 Å². The van der Waals surface area contributed by atoms with Gasteiger partial charge in [0.25, 0.3) is 0 Å². The maximum absolute atomic E-state index is 11.6. The fourth-order valence-electron chi connectivity index (χ4n) is 9.37. The fourth-order valence-corrected chi connectivity index (χ4v) is 9.37. The highest BCUT2D eigenvalue weighted by atomic mass is 16.5. The van der Waals surface area contributed by atoms with E-state index in [1.807, 2.05) is 36.5 Å². The lowest BCUT2D eigenvalue weighted by Crippen LogP contribution is -2.75. The Hall–Kier alpha value is -4.20. The molecule has 4 atom stereocenters. The first kappa shape index (κ1) is 29.0. The Bertz CT molecular complexity index is 1860. The van der Waals surface area contributed by atoms with E-state index in [1.54, 1.807) is 0 Å². The van der Waals surface area contributed by atoms with Gasteiger partial charge < -0.3 is 19.9 Å². The van der Waals surface area contributed by atoms with Crippen LogP contribution in [0, 0.1) is 5.92 Å². The standard InChI is InChI=1S/C40H41N3O4/c1-25(44)42-32-14-11-28(12-15-32)31-20-30-22-40(46-19-5-8-26-6-3-2-4-7-26)34-21-29-13-16-33(45)37-35(29)39(40,38(47-37)36(30)41-23-31)17-18-43(34)24-27-9-10-27/h2-4,6-7,11-16,20,23,27,34,38,45H,5,8-10,17-19,21-22,24H2,1H3,(H,42,44)/t34-,38+,39+,40-/m1/s1. The van der Waals surface area contributed by atoms with Crippen molar-refractivity contribution in [1.29, 1.82) is 0 Å². The maximum Gasteiger partial charge on any atom is 0.221 e. The van der Waals surface area contributed by atoms with Gasteiger partial charge >= 0.3 is 0 Å². The number of aromatic hydroxyl groups is 1. The minimum atomic E-state index is -0.518. The number of phenolic OH excluding ortho intramolecular Hbond substituents is 1. The van der Waals surface area contributed by atoms with Crippen LogP contribution < -0.4 is 10.1 Å². The molecule has 9 rings (SSSR count). The van der Waals surface area contributed by atoms with Crippen LogP contribution in [0.4, 0.5) is 5.69 Å². The van der Waals surface area contributed by atoms with Gasteiger partial charge in [0.05, 0.1) is 11.1 Å². The third kappa shape index (κ3) is 4.54. The molecule has 4 aromatic rings. The lowest BCUT2D eigenvalue weighted by molar-refractivity contribution is -0.205. The second-order valence-corrected chi connectivity index (χ2v) is 14.4. The lowest BCUT2D eigenvalue weighted by atomic mass is 9.48. The molecule has 1 saturated heterocycles. The number of hydrogen-bond donors (Lipinski definition) is 2. The molecule has 7 heteroatoms. The Morgan fingerprint density at radius 2 is 1.89 bits per heavy atom. The number of benzene rings is 3. The number of carbonyl (C=O) groups is 1. The molecule has 1 amide bonds. The number of aryl methyl sites for hydroxylation is 1. The Morgan fingerprint density at radius 1 is 1.06 bits per heavy atom. The number of aromatic nitrogens is 1. The lowest BCUT2D eigenvalue weighted by Gasteiger charge is -2.64. The number of piperidine rings is 1. The van der Waals surface area contributed by atoms with Crippen molar-refractivity contribution in [2.75, 3.05) is 25.0 Å². The molecule has 7 nitrogen and oxygen atoms in total. The van der Waals surface area contributed by atoms with Crippen molar-refractivity contribution in [2.45, 2.75) is 75.0 Å². The van der Waals surface area contributed by atoms with E-state index in [9.17, 15) is 9.90 Å². The quantitative estimate of drug-likeness (QED) is 0.199. The molecule has 1 saturated carbocycles. The summed E-state index contributed by atoms with van der Waals surface area (Å²) in [6.45, 7) is 4.30. The molecule has 3 heterocycles. The van der Waals surface area contributed by atoms with Gasteiger partial charge in [-0.3, -0.25) is 14.7 Å². The van der Waals surface area contributed by atoms with Crippen LogP contribution >= 0.6 is 0 Å². The Balaban J connectivity index is 1.15. The second-order valence-electron chi connectivity index (χ2n) is 14.4. The highest BCUT2D eigenvalue weighted by Crippen LogP contribution is 2.69. The number of fused-ring (bicyclic) bond motifs is 2. The molecule has 3 aromatic carbocycles. The maximum atomic E-state index is 11.6.